The molecule has 0 saturated carbocycles. The second kappa shape index (κ2) is 5.53. The molecule has 1 aromatic rings. The van der Waals surface area contributed by atoms with Crippen molar-refractivity contribution in [3.05, 3.63) is 28.2 Å². The van der Waals surface area contributed by atoms with Crippen LogP contribution in [0.5, 0.6) is 0 Å². The van der Waals surface area contributed by atoms with Crippen LogP contribution in [0.25, 0.3) is 0 Å². The van der Waals surface area contributed by atoms with Crippen molar-refractivity contribution in [2.75, 3.05) is 5.73 Å². The number of nitrogens with two attached hydrogens (primary N) is 1. The first kappa shape index (κ1) is 16.0. The Balaban J connectivity index is 2.81. The van der Waals surface area contributed by atoms with Crippen LogP contribution in [-0.4, -0.2) is 11.4 Å². The minimum Gasteiger partial charge on any atom is -0.398 e. The highest BCUT2D eigenvalue weighted by Crippen LogP contribution is 2.27. The standard InChI is InChI=1S/C15H23BrN2O/c1-14(2,3)9-15(4,5)18-13(19)10-6-7-12(17)11(16)8-10/h6-8H,9,17H2,1-5H3,(H,18,19). The minimum absolute atomic E-state index is 0.0741. The molecule has 0 aliphatic heterocycles. The van der Waals surface area contributed by atoms with E-state index in [1.807, 2.05) is 13.8 Å². The summed E-state index contributed by atoms with van der Waals surface area (Å²) >= 11 is 3.34. The summed E-state index contributed by atoms with van der Waals surface area (Å²) in [7, 11) is 0. The predicted octanol–water partition coefficient (Wildman–Crippen LogP) is 3.98. The lowest BCUT2D eigenvalue weighted by atomic mass is 9.81. The van der Waals surface area contributed by atoms with E-state index < -0.39 is 0 Å². The fraction of sp³-hybridized carbons (Fsp3) is 0.533. The minimum atomic E-state index is -0.247. The summed E-state index contributed by atoms with van der Waals surface area (Å²) in [4.78, 5) is 12.2. The molecule has 1 amide bonds. The van der Waals surface area contributed by atoms with Gasteiger partial charge in [-0.15, -0.1) is 0 Å². The molecule has 0 bridgehead atoms. The Morgan fingerprint density at radius 1 is 1.26 bits per heavy atom. The number of rotatable bonds is 3. The van der Waals surface area contributed by atoms with Crippen molar-refractivity contribution in [1.82, 2.24) is 5.32 Å². The number of anilines is 1. The van der Waals surface area contributed by atoms with Crippen LogP contribution in [0, 0.1) is 5.41 Å². The number of carbonyl (C=O) groups is 1. The maximum atomic E-state index is 12.2. The molecule has 4 heteroatoms. The smallest absolute Gasteiger partial charge is 0.251 e. The normalized spacial score (nSPS) is 12.3. The first-order chi connectivity index (χ1) is 8.50. The highest BCUT2D eigenvalue weighted by Gasteiger charge is 2.27. The van der Waals surface area contributed by atoms with Gasteiger partial charge in [0.25, 0.3) is 5.91 Å². The summed E-state index contributed by atoms with van der Waals surface area (Å²) in [5.41, 5.74) is 6.88. The second-order valence-corrected chi connectivity index (χ2v) is 7.67. The molecule has 0 spiro atoms. The van der Waals surface area contributed by atoms with E-state index in [-0.39, 0.29) is 16.9 Å². The number of benzene rings is 1. The molecule has 1 rings (SSSR count). The van der Waals surface area contributed by atoms with Crippen molar-refractivity contribution in [2.45, 2.75) is 46.6 Å². The Bertz CT molecular complexity index is 476. The van der Waals surface area contributed by atoms with Gasteiger partial charge in [0.05, 0.1) is 0 Å². The fourth-order valence-electron chi connectivity index (χ4n) is 2.42. The van der Waals surface area contributed by atoms with Crippen molar-refractivity contribution in [3.8, 4) is 0 Å². The SMILES string of the molecule is CC(C)(C)CC(C)(C)NC(=O)c1ccc(N)c(Br)c1. The zero-order chi connectivity index (χ0) is 14.8. The van der Waals surface area contributed by atoms with Gasteiger partial charge in [-0.25, -0.2) is 0 Å². The molecule has 19 heavy (non-hydrogen) atoms. The average Bonchev–Trinajstić information content (AvgIpc) is 2.17. The summed E-state index contributed by atoms with van der Waals surface area (Å²) in [6, 6.07) is 5.22. The molecule has 0 atom stereocenters. The van der Waals surface area contributed by atoms with Gasteiger partial charge in [-0.2, -0.15) is 0 Å². The molecule has 0 radical (unpaired) electrons. The first-order valence-electron chi connectivity index (χ1n) is 6.38. The summed E-state index contributed by atoms with van der Waals surface area (Å²) in [5, 5.41) is 3.08. The van der Waals surface area contributed by atoms with Gasteiger partial charge in [0.2, 0.25) is 0 Å². The Morgan fingerprint density at radius 2 is 1.84 bits per heavy atom. The van der Waals surface area contributed by atoms with Crippen LogP contribution in [0.1, 0.15) is 51.4 Å². The molecule has 0 aliphatic rings. The van der Waals surface area contributed by atoms with E-state index in [4.69, 9.17) is 5.73 Å². The lowest BCUT2D eigenvalue weighted by Gasteiger charge is -2.33. The maximum absolute atomic E-state index is 12.2. The molecule has 3 nitrogen and oxygen atoms in total. The number of nitrogens with one attached hydrogen (secondary N) is 1. The average molecular weight is 327 g/mol. The quantitative estimate of drug-likeness (QED) is 0.825. The van der Waals surface area contributed by atoms with Gasteiger partial charge >= 0.3 is 0 Å². The highest BCUT2D eigenvalue weighted by molar-refractivity contribution is 9.10. The van der Waals surface area contributed by atoms with Crippen molar-refractivity contribution < 1.29 is 4.79 Å². The van der Waals surface area contributed by atoms with Gasteiger partial charge in [0, 0.05) is 21.3 Å². The summed E-state index contributed by atoms with van der Waals surface area (Å²) < 4.78 is 0.744. The highest BCUT2D eigenvalue weighted by atomic mass is 79.9. The topological polar surface area (TPSA) is 55.1 Å². The van der Waals surface area contributed by atoms with Gasteiger partial charge < -0.3 is 11.1 Å². The van der Waals surface area contributed by atoms with Gasteiger partial charge in [-0.05, 0) is 59.8 Å². The van der Waals surface area contributed by atoms with E-state index >= 15 is 0 Å². The van der Waals surface area contributed by atoms with Gasteiger partial charge in [0.1, 0.15) is 0 Å². The molecule has 0 saturated heterocycles. The van der Waals surface area contributed by atoms with Gasteiger partial charge in [-0.3, -0.25) is 4.79 Å². The van der Waals surface area contributed by atoms with E-state index in [0.29, 0.717) is 11.3 Å². The molecule has 0 unspecified atom stereocenters. The van der Waals surface area contributed by atoms with Crippen molar-refractivity contribution >= 4 is 27.5 Å². The third kappa shape index (κ3) is 5.23. The van der Waals surface area contributed by atoms with Crippen molar-refractivity contribution in [1.29, 1.82) is 0 Å². The van der Waals surface area contributed by atoms with Gasteiger partial charge in [-0.1, -0.05) is 20.8 Å². The van der Waals surface area contributed by atoms with E-state index in [1.165, 1.54) is 0 Å². The molecule has 0 aromatic heterocycles. The molecule has 106 valence electrons. The molecule has 0 aliphatic carbocycles. The lowest BCUT2D eigenvalue weighted by molar-refractivity contribution is 0.0891. The van der Waals surface area contributed by atoms with Crippen LogP contribution in [0.15, 0.2) is 22.7 Å². The summed E-state index contributed by atoms with van der Waals surface area (Å²) in [6.45, 7) is 10.6. The number of hydrogen-bond donors (Lipinski definition) is 2. The Kier molecular flexibility index (Phi) is 4.67. The third-order valence-electron chi connectivity index (χ3n) is 2.69. The number of hydrogen-bond acceptors (Lipinski definition) is 2. The van der Waals surface area contributed by atoms with Crippen LogP contribution in [-0.2, 0) is 0 Å². The number of carbonyl (C=O) groups excluding carboxylic acids is 1. The summed E-state index contributed by atoms with van der Waals surface area (Å²) in [5.74, 6) is -0.0741. The largest absolute Gasteiger partial charge is 0.398 e. The van der Waals surface area contributed by atoms with Crippen LogP contribution in [0.3, 0.4) is 0 Å². The zero-order valence-corrected chi connectivity index (χ0v) is 13.9. The van der Waals surface area contributed by atoms with Crippen molar-refractivity contribution in [3.63, 3.8) is 0 Å². The number of amides is 1. The van der Waals surface area contributed by atoms with Crippen LogP contribution < -0.4 is 11.1 Å². The number of nitrogen functional groups attached to an aromatic ring is 1. The molecule has 0 heterocycles. The maximum Gasteiger partial charge on any atom is 0.251 e. The van der Waals surface area contributed by atoms with Crippen LogP contribution in [0.2, 0.25) is 0 Å². The van der Waals surface area contributed by atoms with Gasteiger partial charge in [0.15, 0.2) is 0 Å². The lowest BCUT2D eigenvalue weighted by Crippen LogP contribution is -2.45. The van der Waals surface area contributed by atoms with E-state index in [2.05, 4.69) is 42.0 Å². The zero-order valence-electron chi connectivity index (χ0n) is 12.3. The molecular weight excluding hydrogens is 304 g/mol. The van der Waals surface area contributed by atoms with Crippen molar-refractivity contribution in [2.24, 2.45) is 5.41 Å². The summed E-state index contributed by atoms with van der Waals surface area (Å²) in [6.07, 6.45) is 0.905. The molecule has 3 N–H and O–H groups in total. The Hall–Kier alpha value is -1.03. The molecule has 1 aromatic carbocycles. The Labute approximate surface area is 124 Å². The number of halogens is 1. The third-order valence-corrected chi connectivity index (χ3v) is 3.37. The predicted molar refractivity (Wildman–Crippen MR) is 84.2 cm³/mol. The van der Waals surface area contributed by atoms with Crippen LogP contribution >= 0.6 is 15.9 Å². The Morgan fingerprint density at radius 3 is 2.32 bits per heavy atom. The molecule has 0 fully saturated rings. The second-order valence-electron chi connectivity index (χ2n) is 6.81. The monoisotopic (exact) mass is 326 g/mol. The van der Waals surface area contributed by atoms with E-state index in [1.54, 1.807) is 18.2 Å². The van der Waals surface area contributed by atoms with E-state index in [9.17, 15) is 4.79 Å². The van der Waals surface area contributed by atoms with Crippen LogP contribution in [0.4, 0.5) is 5.69 Å². The first-order valence-corrected chi connectivity index (χ1v) is 7.17. The van der Waals surface area contributed by atoms with E-state index in [0.717, 1.165) is 10.9 Å². The fourth-order valence-corrected chi connectivity index (χ4v) is 2.80. The molecular formula is C15H23BrN2O.